The van der Waals surface area contributed by atoms with Gasteiger partial charge in [-0.25, -0.2) is 0 Å². The molecule has 0 saturated carbocycles. The van der Waals surface area contributed by atoms with Crippen LogP contribution in [0.2, 0.25) is 5.28 Å². The van der Waals surface area contributed by atoms with E-state index in [0.717, 1.165) is 13.0 Å². The first-order valence-corrected chi connectivity index (χ1v) is 6.34. The highest BCUT2D eigenvalue weighted by molar-refractivity contribution is 6.28. The van der Waals surface area contributed by atoms with Crippen LogP contribution in [-0.4, -0.2) is 38.2 Å². The third-order valence-electron chi connectivity index (χ3n) is 2.62. The van der Waals surface area contributed by atoms with Gasteiger partial charge in [0, 0.05) is 6.54 Å². The fraction of sp³-hybridized carbons (Fsp3) is 0.727. The molecular weight excluding hydrogens is 254 g/mol. The first-order chi connectivity index (χ1) is 8.35. The van der Waals surface area contributed by atoms with E-state index in [1.54, 1.807) is 6.92 Å². The lowest BCUT2D eigenvalue weighted by atomic mass is 9.99. The molecule has 1 heterocycles. The molecule has 0 aliphatic heterocycles. The summed E-state index contributed by atoms with van der Waals surface area (Å²) in [5.74, 6) is 0.778. The number of hydrogen-bond acceptors (Lipinski definition) is 6. The van der Waals surface area contributed by atoms with Crippen LogP contribution in [0.1, 0.15) is 34.1 Å². The van der Waals surface area contributed by atoms with Crippen molar-refractivity contribution in [3.05, 3.63) is 5.28 Å². The molecule has 102 valence electrons. The Labute approximate surface area is 112 Å². The largest absolute Gasteiger partial charge is 0.391 e. The summed E-state index contributed by atoms with van der Waals surface area (Å²) in [6.07, 6.45) is 0.408. The lowest BCUT2D eigenvalue weighted by molar-refractivity contribution is 0.132. The Morgan fingerprint density at radius 3 is 2.44 bits per heavy atom. The second-order valence-corrected chi connectivity index (χ2v) is 5.04. The van der Waals surface area contributed by atoms with Crippen LogP contribution in [0.15, 0.2) is 0 Å². The van der Waals surface area contributed by atoms with Crippen LogP contribution in [-0.2, 0) is 0 Å². The lowest BCUT2D eigenvalue weighted by Gasteiger charge is -2.29. The third kappa shape index (κ3) is 4.27. The number of aliphatic hydroxyl groups is 1. The highest BCUT2D eigenvalue weighted by Crippen LogP contribution is 2.17. The number of aliphatic hydroxyl groups excluding tert-OH is 1. The van der Waals surface area contributed by atoms with Gasteiger partial charge in [-0.15, -0.1) is 0 Å². The van der Waals surface area contributed by atoms with Crippen LogP contribution in [0.3, 0.4) is 0 Å². The Morgan fingerprint density at radius 1 is 1.28 bits per heavy atom. The molecule has 0 aliphatic carbocycles. The van der Waals surface area contributed by atoms with Crippen molar-refractivity contribution in [2.45, 2.75) is 45.8 Å². The van der Waals surface area contributed by atoms with Crippen molar-refractivity contribution in [3.8, 4) is 0 Å². The molecule has 0 spiro atoms. The Balaban J connectivity index is 2.86. The van der Waals surface area contributed by atoms with E-state index in [1.165, 1.54) is 0 Å². The molecule has 1 rings (SSSR count). The molecule has 7 heteroatoms. The van der Waals surface area contributed by atoms with Crippen LogP contribution in [0, 0.1) is 0 Å². The number of halogens is 1. The van der Waals surface area contributed by atoms with Gasteiger partial charge in [0.1, 0.15) is 0 Å². The second kappa shape index (κ2) is 6.15. The predicted octanol–water partition coefficient (Wildman–Crippen LogP) is 1.92. The molecule has 0 amide bonds. The van der Waals surface area contributed by atoms with Gasteiger partial charge in [-0.1, -0.05) is 6.92 Å². The maximum atomic E-state index is 9.64. The number of nitrogens with zero attached hydrogens (tertiary/aromatic N) is 3. The van der Waals surface area contributed by atoms with E-state index in [2.05, 4.69) is 25.6 Å². The van der Waals surface area contributed by atoms with Crippen molar-refractivity contribution in [2.75, 3.05) is 17.2 Å². The van der Waals surface area contributed by atoms with Gasteiger partial charge in [0.05, 0.1) is 11.6 Å². The van der Waals surface area contributed by atoms with Crippen LogP contribution in [0.25, 0.3) is 0 Å². The molecule has 0 saturated heterocycles. The van der Waals surface area contributed by atoms with Crippen molar-refractivity contribution in [2.24, 2.45) is 0 Å². The first-order valence-electron chi connectivity index (χ1n) is 5.97. The second-order valence-electron chi connectivity index (χ2n) is 4.70. The number of nitrogens with one attached hydrogen (secondary N) is 2. The van der Waals surface area contributed by atoms with Gasteiger partial charge < -0.3 is 15.7 Å². The summed E-state index contributed by atoms with van der Waals surface area (Å²) >= 11 is 5.83. The first kappa shape index (κ1) is 14.9. The van der Waals surface area contributed by atoms with Crippen molar-refractivity contribution >= 4 is 23.5 Å². The van der Waals surface area contributed by atoms with Gasteiger partial charge in [-0.3, -0.25) is 0 Å². The van der Waals surface area contributed by atoms with Crippen LogP contribution < -0.4 is 10.6 Å². The zero-order valence-electron chi connectivity index (χ0n) is 11.2. The van der Waals surface area contributed by atoms with E-state index in [4.69, 9.17) is 11.6 Å². The van der Waals surface area contributed by atoms with E-state index >= 15 is 0 Å². The van der Waals surface area contributed by atoms with Crippen LogP contribution >= 0.6 is 11.6 Å². The van der Waals surface area contributed by atoms with E-state index < -0.39 is 11.6 Å². The standard InChI is InChI=1S/C11H20ClN5O/c1-5-6-13-9-14-8(12)15-10(16-9)17-11(3,4)7(2)18/h7,18H,5-6H2,1-4H3,(H2,13,14,15,16,17). The van der Waals surface area contributed by atoms with Crippen molar-refractivity contribution in [1.82, 2.24) is 15.0 Å². The molecule has 1 aromatic rings. The Hall–Kier alpha value is -1.14. The minimum atomic E-state index is -0.555. The summed E-state index contributed by atoms with van der Waals surface area (Å²) in [6, 6.07) is 0. The van der Waals surface area contributed by atoms with Gasteiger partial charge >= 0.3 is 0 Å². The van der Waals surface area contributed by atoms with Gasteiger partial charge in [0.25, 0.3) is 0 Å². The molecule has 0 bridgehead atoms. The summed E-state index contributed by atoms with van der Waals surface area (Å²) in [7, 11) is 0. The van der Waals surface area contributed by atoms with E-state index in [1.807, 2.05) is 20.8 Å². The van der Waals surface area contributed by atoms with Crippen LogP contribution in [0.5, 0.6) is 0 Å². The quantitative estimate of drug-likeness (QED) is 0.734. The number of rotatable bonds is 6. The minimum Gasteiger partial charge on any atom is -0.391 e. The summed E-state index contributed by atoms with van der Waals surface area (Å²) in [4.78, 5) is 12.2. The smallest absolute Gasteiger partial charge is 0.229 e. The SMILES string of the molecule is CCCNc1nc(Cl)nc(NC(C)(C)C(C)O)n1. The average molecular weight is 274 g/mol. The maximum absolute atomic E-state index is 9.64. The monoisotopic (exact) mass is 273 g/mol. The Kier molecular flexibility index (Phi) is 5.10. The van der Waals surface area contributed by atoms with Crippen molar-refractivity contribution in [3.63, 3.8) is 0 Å². The molecule has 1 unspecified atom stereocenters. The molecule has 3 N–H and O–H groups in total. The molecule has 0 radical (unpaired) electrons. The maximum Gasteiger partial charge on any atom is 0.229 e. The van der Waals surface area contributed by atoms with E-state index in [9.17, 15) is 5.11 Å². The van der Waals surface area contributed by atoms with Gasteiger partial charge in [0.15, 0.2) is 0 Å². The van der Waals surface area contributed by atoms with Gasteiger partial charge in [0.2, 0.25) is 17.2 Å². The highest BCUT2D eigenvalue weighted by atomic mass is 35.5. The normalized spacial score (nSPS) is 13.2. The number of hydrogen-bond donors (Lipinski definition) is 3. The zero-order valence-corrected chi connectivity index (χ0v) is 11.9. The fourth-order valence-electron chi connectivity index (χ4n) is 1.11. The van der Waals surface area contributed by atoms with E-state index in [-0.39, 0.29) is 5.28 Å². The number of anilines is 2. The molecule has 1 aromatic heterocycles. The third-order valence-corrected chi connectivity index (χ3v) is 2.79. The molecule has 6 nitrogen and oxygen atoms in total. The highest BCUT2D eigenvalue weighted by Gasteiger charge is 2.25. The van der Waals surface area contributed by atoms with Crippen LogP contribution in [0.4, 0.5) is 11.9 Å². The zero-order chi connectivity index (χ0) is 13.8. The molecule has 1 atom stereocenters. The number of aromatic nitrogens is 3. The molecule has 0 aromatic carbocycles. The fourth-order valence-corrected chi connectivity index (χ4v) is 1.27. The van der Waals surface area contributed by atoms with Crippen molar-refractivity contribution < 1.29 is 5.11 Å². The molecule has 0 aliphatic rings. The van der Waals surface area contributed by atoms with Gasteiger partial charge in [-0.2, -0.15) is 15.0 Å². The Bertz CT molecular complexity index is 397. The average Bonchev–Trinajstić information content (AvgIpc) is 2.24. The predicted molar refractivity (Wildman–Crippen MR) is 73.0 cm³/mol. The molecule has 18 heavy (non-hydrogen) atoms. The summed E-state index contributed by atoms with van der Waals surface area (Å²) in [5.41, 5.74) is -0.549. The lowest BCUT2D eigenvalue weighted by Crippen LogP contribution is -2.42. The molecular formula is C11H20ClN5O. The van der Waals surface area contributed by atoms with E-state index in [0.29, 0.717) is 11.9 Å². The van der Waals surface area contributed by atoms with Crippen molar-refractivity contribution in [1.29, 1.82) is 0 Å². The van der Waals surface area contributed by atoms with Gasteiger partial charge in [-0.05, 0) is 38.8 Å². The summed E-state index contributed by atoms with van der Waals surface area (Å²) in [6.45, 7) is 8.22. The summed E-state index contributed by atoms with van der Waals surface area (Å²) in [5, 5.41) is 15.8. The molecule has 0 fully saturated rings. The minimum absolute atomic E-state index is 0.118. The summed E-state index contributed by atoms with van der Waals surface area (Å²) < 4.78 is 0. The Morgan fingerprint density at radius 2 is 1.89 bits per heavy atom. The topological polar surface area (TPSA) is 83.0 Å².